The first kappa shape index (κ1) is 17.7. The van der Waals surface area contributed by atoms with Gasteiger partial charge < -0.3 is 15.2 Å². The maximum absolute atomic E-state index is 12.0. The molecule has 1 heterocycles. The van der Waals surface area contributed by atoms with E-state index in [0.29, 0.717) is 23.9 Å². The number of ether oxygens (including phenoxy) is 1. The van der Waals surface area contributed by atoms with Gasteiger partial charge in [0, 0.05) is 13.2 Å². The molecular weight excluding hydrogens is 286 g/mol. The number of thiophene rings is 1. The molecule has 1 rings (SSSR count). The molecule has 1 amide bonds. The number of nitrogens with one attached hydrogen (secondary N) is 1. The van der Waals surface area contributed by atoms with Crippen LogP contribution in [0.15, 0.2) is 6.07 Å². The van der Waals surface area contributed by atoms with Crippen LogP contribution in [0.1, 0.15) is 40.4 Å². The molecule has 0 aromatic carbocycles. The predicted octanol–water partition coefficient (Wildman–Crippen LogP) is 2.19. The molecule has 0 spiro atoms. The van der Waals surface area contributed by atoms with Gasteiger partial charge in [-0.2, -0.15) is 0 Å². The Kier molecular flexibility index (Phi) is 8.06. The summed E-state index contributed by atoms with van der Waals surface area (Å²) in [5, 5.41) is 11.5. The van der Waals surface area contributed by atoms with Crippen LogP contribution in [0.5, 0.6) is 0 Å². The molecule has 0 atom stereocenters. The van der Waals surface area contributed by atoms with Gasteiger partial charge in [-0.05, 0) is 30.9 Å². The van der Waals surface area contributed by atoms with Gasteiger partial charge in [0.15, 0.2) is 0 Å². The number of hydrogen-bond donors (Lipinski definition) is 2. The first-order valence-corrected chi connectivity index (χ1v) is 7.92. The second-order valence-corrected chi connectivity index (χ2v) is 6.19. The molecule has 1 aromatic heterocycles. The van der Waals surface area contributed by atoms with E-state index in [4.69, 9.17) is 9.84 Å². The molecule has 0 bridgehead atoms. The molecule has 116 valence electrons. The molecule has 0 radical (unpaired) electrons. The highest BCUT2D eigenvalue weighted by molar-refractivity contribution is 7.14. The fourth-order valence-electron chi connectivity index (χ4n) is 1.58. The number of carbonyl (C=O) groups is 1. The maximum atomic E-state index is 12.0. The normalized spacial score (nSPS) is 10.3. The second-order valence-electron chi connectivity index (χ2n) is 5.13. The number of aryl methyl sites for hydroxylation is 1. The Bertz CT molecular complexity index is 511. The van der Waals surface area contributed by atoms with Crippen LogP contribution in [-0.2, 0) is 4.74 Å². The summed E-state index contributed by atoms with van der Waals surface area (Å²) in [5.74, 6) is 5.97. The van der Waals surface area contributed by atoms with Crippen molar-refractivity contribution in [2.24, 2.45) is 5.92 Å². The van der Waals surface area contributed by atoms with Crippen LogP contribution >= 0.6 is 11.3 Å². The predicted molar refractivity (Wildman–Crippen MR) is 85.6 cm³/mol. The Morgan fingerprint density at radius 2 is 2.24 bits per heavy atom. The topological polar surface area (TPSA) is 58.6 Å². The number of amides is 1. The smallest absolute Gasteiger partial charge is 0.261 e. The second kappa shape index (κ2) is 9.56. The molecule has 21 heavy (non-hydrogen) atoms. The van der Waals surface area contributed by atoms with Gasteiger partial charge in [-0.15, -0.1) is 11.3 Å². The van der Waals surface area contributed by atoms with E-state index in [2.05, 4.69) is 31.0 Å². The number of rotatable bonds is 7. The summed E-state index contributed by atoms with van der Waals surface area (Å²) in [4.78, 5) is 13.4. The molecule has 2 N–H and O–H groups in total. The Labute approximate surface area is 130 Å². The van der Waals surface area contributed by atoms with Crippen molar-refractivity contribution in [1.82, 2.24) is 5.32 Å². The summed E-state index contributed by atoms with van der Waals surface area (Å²) < 4.78 is 5.45. The van der Waals surface area contributed by atoms with Crippen molar-refractivity contribution in [3.8, 4) is 11.8 Å². The van der Waals surface area contributed by atoms with E-state index in [0.717, 1.165) is 23.5 Å². The van der Waals surface area contributed by atoms with Crippen LogP contribution in [0.4, 0.5) is 0 Å². The van der Waals surface area contributed by atoms with Crippen molar-refractivity contribution in [1.29, 1.82) is 0 Å². The van der Waals surface area contributed by atoms with E-state index in [9.17, 15) is 4.79 Å². The molecule has 0 aliphatic heterocycles. The largest absolute Gasteiger partial charge is 0.384 e. The van der Waals surface area contributed by atoms with E-state index in [-0.39, 0.29) is 12.5 Å². The molecule has 0 fully saturated rings. The highest BCUT2D eigenvalue weighted by Gasteiger charge is 2.10. The van der Waals surface area contributed by atoms with Gasteiger partial charge in [0.1, 0.15) is 6.61 Å². The lowest BCUT2D eigenvalue weighted by Crippen LogP contribution is -2.26. The Morgan fingerprint density at radius 1 is 1.48 bits per heavy atom. The minimum Gasteiger partial charge on any atom is -0.384 e. The van der Waals surface area contributed by atoms with E-state index in [1.807, 2.05) is 13.0 Å². The van der Waals surface area contributed by atoms with Crippen LogP contribution in [0.25, 0.3) is 0 Å². The number of hydrogen-bond acceptors (Lipinski definition) is 4. The maximum Gasteiger partial charge on any atom is 0.261 e. The van der Waals surface area contributed by atoms with Crippen molar-refractivity contribution >= 4 is 17.2 Å². The lowest BCUT2D eigenvalue weighted by molar-refractivity contribution is 0.0909. The summed E-state index contributed by atoms with van der Waals surface area (Å²) in [5.41, 5.74) is 0.958. The van der Waals surface area contributed by atoms with Gasteiger partial charge in [0.2, 0.25) is 0 Å². The first-order chi connectivity index (χ1) is 10.0. The summed E-state index contributed by atoms with van der Waals surface area (Å²) in [6.45, 7) is 7.80. The van der Waals surface area contributed by atoms with Crippen LogP contribution in [0.3, 0.4) is 0 Å². The van der Waals surface area contributed by atoms with Crippen molar-refractivity contribution in [2.45, 2.75) is 27.2 Å². The number of carbonyl (C=O) groups excluding carboxylic acids is 1. The van der Waals surface area contributed by atoms with Gasteiger partial charge >= 0.3 is 0 Å². The van der Waals surface area contributed by atoms with Gasteiger partial charge in [0.25, 0.3) is 5.91 Å². The number of aliphatic hydroxyl groups excluding tert-OH is 1. The van der Waals surface area contributed by atoms with Crippen LogP contribution in [-0.4, -0.2) is 37.4 Å². The molecule has 0 saturated heterocycles. The van der Waals surface area contributed by atoms with Crippen LogP contribution in [0, 0.1) is 24.7 Å². The highest BCUT2D eigenvalue weighted by Crippen LogP contribution is 2.20. The van der Waals surface area contributed by atoms with Crippen molar-refractivity contribution < 1.29 is 14.6 Å². The zero-order valence-electron chi connectivity index (χ0n) is 12.9. The minimum atomic E-state index is -0.174. The van der Waals surface area contributed by atoms with Crippen molar-refractivity contribution in [2.75, 3.05) is 26.4 Å². The molecule has 0 aliphatic rings. The molecule has 0 unspecified atom stereocenters. The first-order valence-electron chi connectivity index (χ1n) is 7.10. The molecule has 1 aromatic rings. The Hall–Kier alpha value is -1.35. The average molecular weight is 309 g/mol. The fourth-order valence-corrected chi connectivity index (χ4v) is 2.55. The van der Waals surface area contributed by atoms with E-state index < -0.39 is 0 Å². The monoisotopic (exact) mass is 309 g/mol. The summed E-state index contributed by atoms with van der Waals surface area (Å²) in [7, 11) is 0. The third-order valence-corrected chi connectivity index (χ3v) is 3.95. The zero-order valence-corrected chi connectivity index (χ0v) is 13.7. The molecule has 0 aliphatic carbocycles. The third kappa shape index (κ3) is 6.76. The molecular formula is C16H23NO3S. The molecule has 5 heteroatoms. The quantitative estimate of drug-likeness (QED) is 0.599. The SMILES string of the molecule is Cc1cc(C(=O)NCCOCCC(C)C)sc1C#CCO. The van der Waals surface area contributed by atoms with Gasteiger partial charge in [-0.1, -0.05) is 25.7 Å². The summed E-state index contributed by atoms with van der Waals surface area (Å²) >= 11 is 1.34. The molecule has 0 saturated carbocycles. The zero-order chi connectivity index (χ0) is 15.7. The molecule has 4 nitrogen and oxygen atoms in total. The lowest BCUT2D eigenvalue weighted by Gasteiger charge is -2.07. The minimum absolute atomic E-state index is 0.104. The Morgan fingerprint density at radius 3 is 2.90 bits per heavy atom. The van der Waals surface area contributed by atoms with Crippen molar-refractivity contribution in [3.05, 3.63) is 21.4 Å². The van der Waals surface area contributed by atoms with E-state index in [1.165, 1.54) is 11.3 Å². The summed E-state index contributed by atoms with van der Waals surface area (Å²) in [6, 6.07) is 1.82. The van der Waals surface area contributed by atoms with Crippen LogP contribution in [0.2, 0.25) is 0 Å². The van der Waals surface area contributed by atoms with Gasteiger partial charge in [-0.25, -0.2) is 0 Å². The standard InChI is InChI=1S/C16H23NO3S/c1-12(2)6-9-20-10-7-17-16(19)15-11-13(3)14(21-15)5-4-8-18/h11-12,18H,6-10H2,1-3H3,(H,17,19). The number of aliphatic hydroxyl groups is 1. The van der Waals surface area contributed by atoms with E-state index in [1.54, 1.807) is 0 Å². The van der Waals surface area contributed by atoms with Gasteiger partial charge in [0.05, 0.1) is 16.4 Å². The summed E-state index contributed by atoms with van der Waals surface area (Å²) in [6.07, 6.45) is 1.03. The average Bonchev–Trinajstić information content (AvgIpc) is 2.81. The fraction of sp³-hybridized carbons (Fsp3) is 0.562. The highest BCUT2D eigenvalue weighted by atomic mass is 32.1. The third-order valence-electron chi connectivity index (χ3n) is 2.79. The van der Waals surface area contributed by atoms with Crippen molar-refractivity contribution in [3.63, 3.8) is 0 Å². The lowest BCUT2D eigenvalue weighted by atomic mass is 10.1. The van der Waals surface area contributed by atoms with E-state index >= 15 is 0 Å². The Balaban J connectivity index is 2.35. The van der Waals surface area contributed by atoms with Gasteiger partial charge in [-0.3, -0.25) is 4.79 Å². The van der Waals surface area contributed by atoms with Crippen LogP contribution < -0.4 is 5.32 Å².